The van der Waals surface area contributed by atoms with Crippen molar-refractivity contribution in [3.8, 4) is 0 Å². The molecule has 0 bridgehead atoms. The molecule has 7 heteroatoms. The molecule has 27 heavy (non-hydrogen) atoms. The molecule has 0 fully saturated rings. The number of para-hydroxylation sites is 1. The van der Waals surface area contributed by atoms with Gasteiger partial charge in [0.2, 0.25) is 0 Å². The van der Waals surface area contributed by atoms with Crippen molar-refractivity contribution < 1.29 is 18.8 Å². The van der Waals surface area contributed by atoms with Gasteiger partial charge in [0.05, 0.1) is 0 Å². The molecule has 7 nitrogen and oxygen atoms in total. The normalized spacial score (nSPS) is 10.4. The Morgan fingerprint density at radius 2 is 1.63 bits per heavy atom. The van der Waals surface area contributed by atoms with Crippen molar-refractivity contribution >= 4 is 28.7 Å². The highest BCUT2D eigenvalue weighted by molar-refractivity contribution is 6.00. The summed E-state index contributed by atoms with van der Waals surface area (Å²) in [5, 5.41) is 0.835. The van der Waals surface area contributed by atoms with Gasteiger partial charge in [0.15, 0.2) is 5.76 Å². The number of nitrogens with one attached hydrogen (secondary N) is 2. The largest absolute Gasteiger partial charge is 0.451 e. The summed E-state index contributed by atoms with van der Waals surface area (Å²) >= 11 is 0. The molecule has 1 aromatic heterocycles. The summed E-state index contributed by atoms with van der Waals surface area (Å²) in [5.74, 6) is -1.24. The predicted octanol–water partition coefficient (Wildman–Crippen LogP) is 2.27. The van der Waals surface area contributed by atoms with E-state index in [2.05, 4.69) is 10.9 Å². The summed E-state index contributed by atoms with van der Waals surface area (Å²) < 4.78 is 5.54. The minimum atomic E-state index is -0.561. The number of carbonyl (C=O) groups excluding carboxylic acids is 3. The van der Waals surface area contributed by atoms with Gasteiger partial charge in [-0.2, -0.15) is 0 Å². The Bertz CT molecular complexity index is 995. The van der Waals surface area contributed by atoms with Gasteiger partial charge in [0.25, 0.3) is 11.8 Å². The van der Waals surface area contributed by atoms with E-state index in [0.717, 1.165) is 5.39 Å². The molecule has 1 heterocycles. The van der Waals surface area contributed by atoms with Crippen LogP contribution in [-0.2, 0) is 4.79 Å². The number of nitrogens with zero attached hydrogens (tertiary/aromatic N) is 1. The van der Waals surface area contributed by atoms with Crippen LogP contribution in [0.15, 0.2) is 59.0 Å². The average Bonchev–Trinajstić information content (AvgIpc) is 3.03. The number of carbonyl (C=O) groups is 3. The molecular weight excluding hydrogens is 346 g/mol. The molecule has 0 spiro atoms. The third kappa shape index (κ3) is 3.98. The third-order valence-corrected chi connectivity index (χ3v) is 4.11. The number of hydrogen-bond acceptors (Lipinski definition) is 4. The molecule has 2 N–H and O–H groups in total. The van der Waals surface area contributed by atoms with E-state index in [1.807, 2.05) is 18.2 Å². The molecule has 0 aliphatic carbocycles. The molecule has 0 atom stereocenters. The maximum atomic E-state index is 12.3. The summed E-state index contributed by atoms with van der Waals surface area (Å²) in [6.45, 7) is 1.57. The van der Waals surface area contributed by atoms with Gasteiger partial charge in [0.1, 0.15) is 12.1 Å². The van der Waals surface area contributed by atoms with Crippen LogP contribution in [0.25, 0.3) is 11.0 Å². The average molecular weight is 365 g/mol. The molecule has 0 unspecified atom stereocenters. The van der Waals surface area contributed by atoms with E-state index in [9.17, 15) is 14.4 Å². The lowest BCUT2D eigenvalue weighted by atomic mass is 10.1. The zero-order chi connectivity index (χ0) is 19.4. The van der Waals surface area contributed by atoms with E-state index in [-0.39, 0.29) is 18.2 Å². The van der Waals surface area contributed by atoms with Gasteiger partial charge in [0, 0.05) is 23.6 Å². The van der Waals surface area contributed by atoms with E-state index in [1.165, 1.54) is 11.9 Å². The first-order valence-corrected chi connectivity index (χ1v) is 8.35. The predicted molar refractivity (Wildman–Crippen MR) is 100.0 cm³/mol. The molecule has 0 radical (unpaired) electrons. The van der Waals surface area contributed by atoms with Crippen LogP contribution in [0.1, 0.15) is 26.5 Å². The van der Waals surface area contributed by atoms with E-state index < -0.39 is 11.8 Å². The maximum absolute atomic E-state index is 12.3. The number of aryl methyl sites for hydroxylation is 1. The monoisotopic (exact) mass is 365 g/mol. The van der Waals surface area contributed by atoms with Crippen LogP contribution in [0, 0.1) is 6.92 Å². The second-order valence-electron chi connectivity index (χ2n) is 6.08. The molecule has 0 aliphatic rings. The summed E-state index contributed by atoms with van der Waals surface area (Å²) in [6, 6.07) is 15.9. The summed E-state index contributed by atoms with van der Waals surface area (Å²) in [7, 11) is 1.51. The van der Waals surface area contributed by atoms with Gasteiger partial charge in [-0.3, -0.25) is 25.2 Å². The van der Waals surface area contributed by atoms with Crippen molar-refractivity contribution in [2.24, 2.45) is 0 Å². The Labute approximate surface area is 155 Å². The molecule has 3 amide bonds. The number of rotatable bonds is 4. The number of likely N-dealkylation sites (N-methyl/N-ethyl adjacent to an activating group) is 1. The van der Waals surface area contributed by atoms with Gasteiger partial charge >= 0.3 is 5.91 Å². The van der Waals surface area contributed by atoms with Crippen molar-refractivity contribution in [3.05, 3.63) is 71.5 Å². The molecule has 0 aliphatic heterocycles. The topological polar surface area (TPSA) is 91.7 Å². The number of fused-ring (bicyclic) bond motifs is 1. The third-order valence-electron chi connectivity index (χ3n) is 4.11. The molecular formula is C20H19N3O4. The molecule has 138 valence electrons. The summed E-state index contributed by atoms with van der Waals surface area (Å²) in [6.07, 6.45) is 0. The maximum Gasteiger partial charge on any atom is 0.305 e. The number of hydrazine groups is 1. The first-order chi connectivity index (χ1) is 13.0. The Morgan fingerprint density at radius 3 is 2.33 bits per heavy atom. The fourth-order valence-corrected chi connectivity index (χ4v) is 2.70. The molecule has 0 saturated heterocycles. The van der Waals surface area contributed by atoms with E-state index in [0.29, 0.717) is 16.7 Å². The molecule has 3 rings (SSSR count). The van der Waals surface area contributed by atoms with Gasteiger partial charge in [-0.15, -0.1) is 0 Å². The number of amides is 3. The minimum Gasteiger partial charge on any atom is -0.451 e. The first-order valence-electron chi connectivity index (χ1n) is 8.35. The summed E-state index contributed by atoms with van der Waals surface area (Å²) in [4.78, 5) is 37.8. The zero-order valence-electron chi connectivity index (χ0n) is 15.0. The van der Waals surface area contributed by atoms with Crippen LogP contribution >= 0.6 is 0 Å². The quantitative estimate of drug-likeness (QED) is 0.694. The van der Waals surface area contributed by atoms with Crippen LogP contribution in [0.4, 0.5) is 0 Å². The Balaban J connectivity index is 1.57. The van der Waals surface area contributed by atoms with Crippen molar-refractivity contribution in [2.45, 2.75) is 6.92 Å². The van der Waals surface area contributed by atoms with Gasteiger partial charge in [-0.05, 0) is 25.1 Å². The summed E-state index contributed by atoms with van der Waals surface area (Å²) in [5.41, 5.74) is 6.38. The number of benzene rings is 2. The van der Waals surface area contributed by atoms with E-state index >= 15 is 0 Å². The van der Waals surface area contributed by atoms with Crippen molar-refractivity contribution in [1.82, 2.24) is 15.8 Å². The second kappa shape index (κ2) is 7.74. The van der Waals surface area contributed by atoms with Crippen LogP contribution in [0.2, 0.25) is 0 Å². The Kier molecular flexibility index (Phi) is 5.21. The van der Waals surface area contributed by atoms with E-state index in [1.54, 1.807) is 43.3 Å². The van der Waals surface area contributed by atoms with Gasteiger partial charge < -0.3 is 9.32 Å². The molecule has 0 saturated carbocycles. The highest BCUT2D eigenvalue weighted by atomic mass is 16.3. The van der Waals surface area contributed by atoms with E-state index in [4.69, 9.17) is 4.42 Å². The highest BCUT2D eigenvalue weighted by Crippen LogP contribution is 2.24. The first kappa shape index (κ1) is 18.2. The highest BCUT2D eigenvalue weighted by Gasteiger charge is 2.19. The van der Waals surface area contributed by atoms with Crippen LogP contribution in [0.5, 0.6) is 0 Å². The van der Waals surface area contributed by atoms with Gasteiger partial charge in [-0.1, -0.05) is 36.4 Å². The van der Waals surface area contributed by atoms with Crippen LogP contribution in [-0.4, -0.2) is 36.2 Å². The lowest BCUT2D eigenvalue weighted by Gasteiger charge is -2.16. The molecule has 2 aromatic carbocycles. The number of hydrogen-bond donors (Lipinski definition) is 2. The van der Waals surface area contributed by atoms with Crippen molar-refractivity contribution in [1.29, 1.82) is 0 Å². The van der Waals surface area contributed by atoms with Gasteiger partial charge in [-0.25, -0.2) is 0 Å². The second-order valence-corrected chi connectivity index (χ2v) is 6.08. The lowest BCUT2D eigenvalue weighted by molar-refractivity contribution is -0.122. The fourth-order valence-electron chi connectivity index (χ4n) is 2.70. The zero-order valence-corrected chi connectivity index (χ0v) is 15.0. The minimum absolute atomic E-state index is 0.130. The van der Waals surface area contributed by atoms with Crippen LogP contribution in [0.3, 0.4) is 0 Å². The Morgan fingerprint density at radius 1 is 0.963 bits per heavy atom. The SMILES string of the molecule is Cc1c(C(=O)NNC(=O)CN(C)C(=O)c2ccccc2)oc2ccccc12. The van der Waals surface area contributed by atoms with Crippen molar-refractivity contribution in [3.63, 3.8) is 0 Å². The molecule has 3 aromatic rings. The van der Waals surface area contributed by atoms with Crippen molar-refractivity contribution in [2.75, 3.05) is 13.6 Å². The number of furan rings is 1. The standard InChI is InChI=1S/C20H19N3O4/c1-13-15-10-6-7-11-16(15)27-18(13)19(25)22-21-17(24)12-23(2)20(26)14-8-4-3-5-9-14/h3-11H,12H2,1-2H3,(H,21,24)(H,22,25). The fraction of sp³-hybridized carbons (Fsp3) is 0.150. The Hall–Kier alpha value is -3.61. The smallest absolute Gasteiger partial charge is 0.305 e. The lowest BCUT2D eigenvalue weighted by Crippen LogP contribution is -2.46. The van der Waals surface area contributed by atoms with Crippen LogP contribution < -0.4 is 10.9 Å².